The second-order valence-electron chi connectivity index (χ2n) is 5.82. The third kappa shape index (κ3) is 3.12. The van der Waals surface area contributed by atoms with Gasteiger partial charge in [0, 0.05) is 11.1 Å². The van der Waals surface area contributed by atoms with Crippen LogP contribution in [0.25, 0.3) is 0 Å². The van der Waals surface area contributed by atoms with Crippen LogP contribution >= 0.6 is 11.6 Å². The third-order valence-corrected chi connectivity index (χ3v) is 4.79. The summed E-state index contributed by atoms with van der Waals surface area (Å²) >= 11 is 6.16. The van der Waals surface area contributed by atoms with Gasteiger partial charge in [-0.25, -0.2) is 4.39 Å². The summed E-state index contributed by atoms with van der Waals surface area (Å²) in [5.74, 6) is 0.0517. The fourth-order valence-electron chi connectivity index (χ4n) is 3.27. The predicted molar refractivity (Wildman–Crippen MR) is 84.9 cm³/mol. The van der Waals surface area contributed by atoms with Crippen LogP contribution in [0.4, 0.5) is 4.39 Å². The summed E-state index contributed by atoms with van der Waals surface area (Å²) in [5.41, 5.74) is 10.1. The van der Waals surface area contributed by atoms with Crippen molar-refractivity contribution in [3.8, 4) is 0 Å². The van der Waals surface area contributed by atoms with Crippen molar-refractivity contribution >= 4 is 11.6 Å². The first-order valence-electron chi connectivity index (χ1n) is 7.42. The van der Waals surface area contributed by atoms with Crippen molar-refractivity contribution in [2.75, 3.05) is 0 Å². The number of halogens is 2. The van der Waals surface area contributed by atoms with Gasteiger partial charge in [-0.2, -0.15) is 0 Å². The molecular weight excluding hydrogens is 285 g/mol. The molecule has 0 heterocycles. The quantitative estimate of drug-likeness (QED) is 0.801. The topological polar surface area (TPSA) is 26.0 Å². The van der Waals surface area contributed by atoms with Crippen molar-refractivity contribution in [3.05, 3.63) is 70.0 Å². The molecule has 2 unspecified atom stereocenters. The maximum absolute atomic E-state index is 13.2. The lowest BCUT2D eigenvalue weighted by atomic mass is 9.86. The highest BCUT2D eigenvalue weighted by Gasteiger charge is 2.25. The molecular formula is C18H19ClFN. The molecule has 0 fully saturated rings. The minimum absolute atomic E-state index is 0.0184. The van der Waals surface area contributed by atoms with Crippen molar-refractivity contribution in [2.45, 2.75) is 31.7 Å². The molecule has 0 saturated carbocycles. The smallest absolute Gasteiger partial charge is 0.124 e. The molecule has 110 valence electrons. The van der Waals surface area contributed by atoms with E-state index >= 15 is 0 Å². The van der Waals surface area contributed by atoms with Gasteiger partial charge in [-0.05, 0) is 60.4 Å². The zero-order valence-electron chi connectivity index (χ0n) is 11.9. The molecule has 1 nitrogen and oxygen atoms in total. The van der Waals surface area contributed by atoms with Crippen LogP contribution in [0, 0.1) is 11.7 Å². The number of nitrogens with two attached hydrogens (primary N) is 1. The van der Waals surface area contributed by atoms with Gasteiger partial charge in [-0.1, -0.05) is 41.9 Å². The molecule has 3 rings (SSSR count). The third-order valence-electron chi connectivity index (χ3n) is 4.44. The fourth-order valence-corrected chi connectivity index (χ4v) is 3.52. The Kier molecular flexibility index (Phi) is 4.27. The zero-order chi connectivity index (χ0) is 14.8. The lowest BCUT2D eigenvalue weighted by Crippen LogP contribution is -2.23. The van der Waals surface area contributed by atoms with E-state index in [1.54, 1.807) is 6.07 Å². The number of rotatable bonds is 2. The van der Waals surface area contributed by atoms with E-state index in [0.29, 0.717) is 10.9 Å². The lowest BCUT2D eigenvalue weighted by Gasteiger charge is -2.23. The molecule has 2 aromatic rings. The summed E-state index contributed by atoms with van der Waals surface area (Å²) in [5, 5.41) is 0.500. The molecule has 0 bridgehead atoms. The molecule has 0 saturated heterocycles. The molecule has 0 aliphatic heterocycles. The van der Waals surface area contributed by atoms with E-state index in [0.717, 1.165) is 31.2 Å². The van der Waals surface area contributed by atoms with Crippen LogP contribution in [0.1, 0.15) is 35.6 Å². The molecule has 0 aromatic heterocycles. The maximum Gasteiger partial charge on any atom is 0.124 e. The molecule has 0 spiro atoms. The zero-order valence-corrected chi connectivity index (χ0v) is 12.6. The minimum Gasteiger partial charge on any atom is -0.324 e. The monoisotopic (exact) mass is 303 g/mol. The van der Waals surface area contributed by atoms with Crippen LogP contribution < -0.4 is 5.73 Å². The fraction of sp³-hybridized carbons (Fsp3) is 0.333. The van der Waals surface area contributed by atoms with E-state index in [1.165, 1.54) is 23.3 Å². The predicted octanol–water partition coefficient (Wildman–Crippen LogP) is 4.67. The van der Waals surface area contributed by atoms with Crippen molar-refractivity contribution < 1.29 is 4.39 Å². The molecule has 2 atom stereocenters. The van der Waals surface area contributed by atoms with E-state index < -0.39 is 0 Å². The van der Waals surface area contributed by atoms with Gasteiger partial charge in [0.2, 0.25) is 0 Å². The molecule has 1 aliphatic rings. The molecule has 21 heavy (non-hydrogen) atoms. The number of aryl methyl sites for hydroxylation is 1. The summed E-state index contributed by atoms with van der Waals surface area (Å²) in [6, 6.07) is 13.1. The number of hydrogen-bond acceptors (Lipinski definition) is 1. The first-order valence-corrected chi connectivity index (χ1v) is 7.80. The highest BCUT2D eigenvalue weighted by Crippen LogP contribution is 2.34. The van der Waals surface area contributed by atoms with E-state index in [2.05, 4.69) is 18.2 Å². The van der Waals surface area contributed by atoms with E-state index in [1.807, 2.05) is 6.07 Å². The Hall–Kier alpha value is -1.38. The Morgan fingerprint density at radius 3 is 2.81 bits per heavy atom. The minimum atomic E-state index is -0.292. The maximum atomic E-state index is 13.2. The van der Waals surface area contributed by atoms with Gasteiger partial charge in [0.1, 0.15) is 5.82 Å². The van der Waals surface area contributed by atoms with Crippen LogP contribution in [0.5, 0.6) is 0 Å². The van der Waals surface area contributed by atoms with Crippen molar-refractivity contribution in [1.82, 2.24) is 0 Å². The Morgan fingerprint density at radius 1 is 1.19 bits per heavy atom. The van der Waals surface area contributed by atoms with Gasteiger partial charge in [0.15, 0.2) is 0 Å². The molecule has 3 heteroatoms. The molecule has 2 N–H and O–H groups in total. The average Bonchev–Trinajstić information content (AvgIpc) is 2.63. The second kappa shape index (κ2) is 6.17. The number of benzene rings is 2. The molecule has 0 radical (unpaired) electrons. The van der Waals surface area contributed by atoms with Crippen LogP contribution in [-0.4, -0.2) is 0 Å². The number of fused-ring (bicyclic) bond motifs is 1. The molecule has 1 aliphatic carbocycles. The van der Waals surface area contributed by atoms with Crippen molar-refractivity contribution in [1.29, 1.82) is 0 Å². The average molecular weight is 304 g/mol. The largest absolute Gasteiger partial charge is 0.324 e. The Morgan fingerprint density at radius 2 is 2.00 bits per heavy atom. The van der Waals surface area contributed by atoms with E-state index in [-0.39, 0.29) is 11.9 Å². The van der Waals surface area contributed by atoms with Crippen molar-refractivity contribution in [3.63, 3.8) is 0 Å². The summed E-state index contributed by atoms with van der Waals surface area (Å²) in [7, 11) is 0. The first kappa shape index (κ1) is 14.6. The van der Waals surface area contributed by atoms with E-state index in [9.17, 15) is 4.39 Å². The van der Waals surface area contributed by atoms with E-state index in [4.69, 9.17) is 17.3 Å². The van der Waals surface area contributed by atoms with Crippen LogP contribution in [0.3, 0.4) is 0 Å². The summed E-state index contributed by atoms with van der Waals surface area (Å²) in [6.45, 7) is 0. The summed E-state index contributed by atoms with van der Waals surface area (Å²) in [4.78, 5) is 0. The lowest BCUT2D eigenvalue weighted by molar-refractivity contribution is 0.402. The highest BCUT2D eigenvalue weighted by molar-refractivity contribution is 6.31. The van der Waals surface area contributed by atoms with Gasteiger partial charge in [0.05, 0.1) is 0 Å². The Balaban J connectivity index is 1.86. The van der Waals surface area contributed by atoms with Gasteiger partial charge in [-0.3, -0.25) is 0 Å². The molecule has 0 amide bonds. The first-order chi connectivity index (χ1) is 10.1. The van der Waals surface area contributed by atoms with Crippen LogP contribution in [-0.2, 0) is 12.8 Å². The van der Waals surface area contributed by atoms with Crippen molar-refractivity contribution in [2.24, 2.45) is 11.7 Å². The highest BCUT2D eigenvalue weighted by atomic mass is 35.5. The molecule has 2 aromatic carbocycles. The number of hydrogen-bond donors (Lipinski definition) is 1. The SMILES string of the molecule is NC1c2ccccc2CCCC1Cc1ccc(F)cc1Cl. The standard InChI is InChI=1S/C18H19ClFN/c19-17-11-15(20)9-8-13(17)10-14-6-3-5-12-4-1-2-7-16(12)18(14)21/h1-2,4,7-9,11,14,18H,3,5-6,10,21H2. The van der Waals surface area contributed by atoms with Gasteiger partial charge in [-0.15, -0.1) is 0 Å². The summed E-state index contributed by atoms with van der Waals surface area (Å²) in [6.07, 6.45) is 4.09. The normalized spacial score (nSPS) is 21.7. The van der Waals surface area contributed by atoms with Gasteiger partial charge < -0.3 is 5.73 Å². The van der Waals surface area contributed by atoms with Gasteiger partial charge >= 0.3 is 0 Å². The van der Waals surface area contributed by atoms with Crippen LogP contribution in [0.15, 0.2) is 42.5 Å². The Bertz CT molecular complexity index is 641. The Labute approximate surface area is 129 Å². The van der Waals surface area contributed by atoms with Gasteiger partial charge in [0.25, 0.3) is 0 Å². The summed E-state index contributed by atoms with van der Waals surface area (Å²) < 4.78 is 13.2. The van der Waals surface area contributed by atoms with Crippen LogP contribution in [0.2, 0.25) is 5.02 Å². The second-order valence-corrected chi connectivity index (χ2v) is 6.22.